The summed E-state index contributed by atoms with van der Waals surface area (Å²) in [6.45, 7) is 0. The Kier molecular flexibility index (Phi) is 2.53. The van der Waals surface area contributed by atoms with Crippen LogP contribution in [0.4, 0.5) is 0 Å². The molecule has 20 heavy (non-hydrogen) atoms. The summed E-state index contributed by atoms with van der Waals surface area (Å²) >= 11 is 0. The molecule has 94 valence electrons. The highest BCUT2D eigenvalue weighted by atomic mass is 14.1. The minimum atomic E-state index is 1.29. The summed E-state index contributed by atoms with van der Waals surface area (Å²) in [5.74, 6) is 0. The van der Waals surface area contributed by atoms with Crippen LogP contribution in [0.1, 0.15) is 0 Å². The number of hydrogen-bond acceptors (Lipinski definition) is 0. The molecular weight excluding hydrogens is 240 g/mol. The van der Waals surface area contributed by atoms with Gasteiger partial charge in [-0.2, -0.15) is 0 Å². The monoisotopic (exact) mass is 254 g/mol. The van der Waals surface area contributed by atoms with Gasteiger partial charge in [0.1, 0.15) is 0 Å². The van der Waals surface area contributed by atoms with Gasteiger partial charge in [0.15, 0.2) is 0 Å². The van der Waals surface area contributed by atoms with Crippen LogP contribution < -0.4 is 0 Å². The second-order valence-corrected chi connectivity index (χ2v) is 5.09. The van der Waals surface area contributed by atoms with Crippen molar-refractivity contribution >= 4 is 10.8 Å². The summed E-state index contributed by atoms with van der Waals surface area (Å²) in [5, 5.41) is 2.61. The van der Waals surface area contributed by atoms with E-state index in [1.54, 1.807) is 0 Å². The van der Waals surface area contributed by atoms with E-state index >= 15 is 0 Å². The van der Waals surface area contributed by atoms with E-state index in [0.29, 0.717) is 0 Å². The van der Waals surface area contributed by atoms with Crippen LogP contribution >= 0.6 is 0 Å². The zero-order chi connectivity index (χ0) is 13.4. The first kappa shape index (κ1) is 11.2. The average Bonchev–Trinajstić information content (AvgIpc) is 2.77. The third-order valence-electron chi connectivity index (χ3n) is 3.83. The molecule has 0 nitrogen and oxygen atoms in total. The van der Waals surface area contributed by atoms with Crippen LogP contribution in [0.5, 0.6) is 0 Å². The van der Waals surface area contributed by atoms with Gasteiger partial charge in [-0.1, -0.05) is 72.8 Å². The Morgan fingerprint density at radius 3 is 1.90 bits per heavy atom. The first-order valence-corrected chi connectivity index (χ1v) is 6.89. The third-order valence-corrected chi connectivity index (χ3v) is 3.83. The topological polar surface area (TPSA) is 0 Å². The van der Waals surface area contributed by atoms with Crippen molar-refractivity contribution in [2.75, 3.05) is 0 Å². The van der Waals surface area contributed by atoms with E-state index in [0.717, 1.165) is 0 Å². The van der Waals surface area contributed by atoms with E-state index in [2.05, 4.69) is 84.9 Å². The Hall–Kier alpha value is -2.60. The molecule has 2 aromatic carbocycles. The standard InChI is InChI=1S/C20H14/c1-2-8-16-13-18(14-17(16)9-3-1)20-12-6-10-15-7-4-5-11-19(15)20/h1-14H. The molecule has 0 unspecified atom stereocenters. The van der Waals surface area contributed by atoms with Crippen molar-refractivity contribution in [2.45, 2.75) is 0 Å². The highest BCUT2D eigenvalue weighted by Gasteiger charge is 2.08. The molecule has 4 rings (SSSR count). The first-order valence-electron chi connectivity index (χ1n) is 6.89. The molecule has 0 saturated heterocycles. The van der Waals surface area contributed by atoms with Crippen molar-refractivity contribution < 1.29 is 0 Å². The molecule has 2 aliphatic carbocycles. The lowest BCUT2D eigenvalue weighted by Crippen LogP contribution is -1.77. The maximum Gasteiger partial charge on any atom is -0.0105 e. The zero-order valence-electron chi connectivity index (χ0n) is 11.1. The average molecular weight is 254 g/mol. The summed E-state index contributed by atoms with van der Waals surface area (Å²) in [7, 11) is 0. The SMILES string of the molecule is c1ccc2cc(-c3cccc4ccccc34)cc-2cc1. The van der Waals surface area contributed by atoms with Gasteiger partial charge in [0.2, 0.25) is 0 Å². The quantitative estimate of drug-likeness (QED) is 0.414. The molecule has 0 aromatic heterocycles. The molecule has 0 heterocycles. The molecule has 0 radical (unpaired) electrons. The van der Waals surface area contributed by atoms with Gasteiger partial charge in [0.25, 0.3) is 0 Å². The van der Waals surface area contributed by atoms with Gasteiger partial charge in [-0.25, -0.2) is 0 Å². The fourth-order valence-corrected chi connectivity index (χ4v) is 2.85. The smallest absolute Gasteiger partial charge is 0.0105 e. The summed E-state index contributed by atoms with van der Waals surface area (Å²) < 4.78 is 0. The van der Waals surface area contributed by atoms with E-state index in [1.807, 2.05) is 0 Å². The molecule has 0 saturated carbocycles. The van der Waals surface area contributed by atoms with Gasteiger partial charge in [-0.3, -0.25) is 0 Å². The number of hydrogen-bond donors (Lipinski definition) is 0. The molecule has 0 spiro atoms. The van der Waals surface area contributed by atoms with Gasteiger partial charge < -0.3 is 0 Å². The maximum atomic E-state index is 2.27. The Balaban J connectivity index is 2.00. The molecule has 0 atom stereocenters. The zero-order valence-corrected chi connectivity index (χ0v) is 11.1. The molecule has 0 N–H and O–H groups in total. The highest BCUT2D eigenvalue weighted by molar-refractivity contribution is 5.98. The van der Waals surface area contributed by atoms with E-state index in [9.17, 15) is 0 Å². The lowest BCUT2D eigenvalue weighted by molar-refractivity contribution is 1.72. The molecule has 0 heteroatoms. The van der Waals surface area contributed by atoms with E-state index in [4.69, 9.17) is 0 Å². The minimum absolute atomic E-state index is 1.29. The Bertz CT molecular complexity index is 822. The highest BCUT2D eigenvalue weighted by Crippen LogP contribution is 2.35. The van der Waals surface area contributed by atoms with Gasteiger partial charge in [-0.05, 0) is 45.2 Å². The Morgan fingerprint density at radius 1 is 0.450 bits per heavy atom. The molecule has 0 aliphatic heterocycles. The number of benzene rings is 2. The van der Waals surface area contributed by atoms with E-state index < -0.39 is 0 Å². The second-order valence-electron chi connectivity index (χ2n) is 5.09. The van der Waals surface area contributed by atoms with Gasteiger partial charge in [0.05, 0.1) is 0 Å². The molecular formula is C20H14. The van der Waals surface area contributed by atoms with Crippen LogP contribution in [0.3, 0.4) is 0 Å². The Labute approximate surface area is 118 Å². The largest absolute Gasteiger partial charge is 0.0622 e. The lowest BCUT2D eigenvalue weighted by atomic mass is 10.0. The second kappa shape index (κ2) is 4.50. The predicted octanol–water partition coefficient (Wildman–Crippen LogP) is 5.61. The van der Waals surface area contributed by atoms with Gasteiger partial charge in [-0.15, -0.1) is 0 Å². The van der Waals surface area contributed by atoms with E-state index in [1.165, 1.54) is 33.0 Å². The molecule has 0 bridgehead atoms. The first-order chi connectivity index (χ1) is 9.92. The van der Waals surface area contributed by atoms with Crippen molar-refractivity contribution in [1.82, 2.24) is 0 Å². The summed E-state index contributed by atoms with van der Waals surface area (Å²) in [5.41, 5.74) is 5.18. The van der Waals surface area contributed by atoms with E-state index in [-0.39, 0.29) is 0 Å². The summed E-state index contributed by atoms with van der Waals surface area (Å²) in [6, 6.07) is 30.2. The van der Waals surface area contributed by atoms with Crippen LogP contribution in [-0.4, -0.2) is 0 Å². The summed E-state index contributed by atoms with van der Waals surface area (Å²) in [6.07, 6.45) is 0. The number of rotatable bonds is 1. The third kappa shape index (κ3) is 1.78. The van der Waals surface area contributed by atoms with Crippen molar-refractivity contribution in [3.8, 4) is 22.3 Å². The molecule has 2 aliphatic rings. The fourth-order valence-electron chi connectivity index (χ4n) is 2.85. The van der Waals surface area contributed by atoms with Gasteiger partial charge >= 0.3 is 0 Å². The fraction of sp³-hybridized carbons (Fsp3) is 0. The van der Waals surface area contributed by atoms with Crippen LogP contribution in [0, 0.1) is 0 Å². The maximum absolute atomic E-state index is 2.27. The van der Waals surface area contributed by atoms with Crippen LogP contribution in [0.15, 0.2) is 84.9 Å². The van der Waals surface area contributed by atoms with Crippen LogP contribution in [-0.2, 0) is 0 Å². The van der Waals surface area contributed by atoms with Gasteiger partial charge in [0, 0.05) is 0 Å². The van der Waals surface area contributed by atoms with Crippen LogP contribution in [0.25, 0.3) is 33.0 Å². The van der Waals surface area contributed by atoms with Crippen molar-refractivity contribution in [3.63, 3.8) is 0 Å². The molecule has 2 aromatic rings. The molecule has 0 amide bonds. The number of fused-ring (bicyclic) bond motifs is 2. The predicted molar refractivity (Wildman–Crippen MR) is 86.0 cm³/mol. The molecule has 0 fully saturated rings. The minimum Gasteiger partial charge on any atom is -0.0622 e. The van der Waals surface area contributed by atoms with Crippen molar-refractivity contribution in [1.29, 1.82) is 0 Å². The van der Waals surface area contributed by atoms with Crippen molar-refractivity contribution in [2.24, 2.45) is 0 Å². The normalized spacial score (nSPS) is 11.0. The Morgan fingerprint density at radius 2 is 1.10 bits per heavy atom. The lowest BCUT2D eigenvalue weighted by Gasteiger charge is -2.04. The summed E-state index contributed by atoms with van der Waals surface area (Å²) in [4.78, 5) is 0. The van der Waals surface area contributed by atoms with Crippen LogP contribution in [0.2, 0.25) is 0 Å². The van der Waals surface area contributed by atoms with Crippen molar-refractivity contribution in [3.05, 3.63) is 84.9 Å².